The van der Waals surface area contributed by atoms with E-state index in [-0.39, 0.29) is 5.54 Å². The van der Waals surface area contributed by atoms with Gasteiger partial charge in [-0.1, -0.05) is 6.92 Å². The third-order valence-corrected chi connectivity index (χ3v) is 3.01. The van der Waals surface area contributed by atoms with Crippen molar-refractivity contribution in [3.05, 3.63) is 17.7 Å². The maximum Gasteiger partial charge on any atom is 0.112 e. The molecule has 0 atom stereocenters. The summed E-state index contributed by atoms with van der Waals surface area (Å²) in [6.45, 7) is 9.66. The molecule has 1 aromatic heterocycles. The van der Waals surface area contributed by atoms with E-state index >= 15 is 0 Å². The van der Waals surface area contributed by atoms with Crippen LogP contribution in [-0.2, 0) is 12.0 Å². The molecule has 1 aliphatic rings. The van der Waals surface area contributed by atoms with Gasteiger partial charge in [-0.3, -0.25) is 0 Å². The summed E-state index contributed by atoms with van der Waals surface area (Å²) in [6.07, 6.45) is 4.50. The predicted molar refractivity (Wildman–Crippen MR) is 61.8 cm³/mol. The lowest BCUT2D eigenvalue weighted by Crippen LogP contribution is -2.35. The van der Waals surface area contributed by atoms with Crippen molar-refractivity contribution in [1.29, 1.82) is 0 Å². The molecule has 15 heavy (non-hydrogen) atoms. The number of nitrogens with zero attached hydrogens (tertiary/aromatic N) is 1. The van der Waals surface area contributed by atoms with Gasteiger partial charge in [0.15, 0.2) is 0 Å². The normalized spacial score (nSPS) is 19.2. The van der Waals surface area contributed by atoms with Gasteiger partial charge in [-0.2, -0.15) is 0 Å². The van der Waals surface area contributed by atoms with Gasteiger partial charge in [0.2, 0.25) is 0 Å². The van der Waals surface area contributed by atoms with E-state index in [1.54, 1.807) is 0 Å². The Labute approximate surface area is 91.7 Å². The number of hydrogen-bond acceptors (Lipinski definition) is 2. The van der Waals surface area contributed by atoms with Crippen LogP contribution >= 0.6 is 0 Å². The smallest absolute Gasteiger partial charge is 0.112 e. The minimum atomic E-state index is 0.161. The van der Waals surface area contributed by atoms with Crippen molar-refractivity contribution in [2.45, 2.75) is 58.0 Å². The molecular weight excluding hydrogens is 186 g/mol. The van der Waals surface area contributed by atoms with Crippen LogP contribution in [0, 0.1) is 0 Å². The number of nitrogens with one attached hydrogen (secondary N) is 2. The first kappa shape index (κ1) is 10.7. The highest BCUT2D eigenvalue weighted by Crippen LogP contribution is 2.45. The molecule has 1 fully saturated rings. The minimum absolute atomic E-state index is 0.161. The lowest BCUT2D eigenvalue weighted by molar-refractivity contribution is 0.421. The summed E-state index contributed by atoms with van der Waals surface area (Å²) < 4.78 is 0. The van der Waals surface area contributed by atoms with E-state index in [0.29, 0.717) is 5.41 Å². The van der Waals surface area contributed by atoms with Crippen LogP contribution in [0.25, 0.3) is 0 Å². The molecule has 3 nitrogen and oxygen atoms in total. The highest BCUT2D eigenvalue weighted by Gasteiger charge is 2.41. The summed E-state index contributed by atoms with van der Waals surface area (Å²) in [5, 5.41) is 3.45. The van der Waals surface area contributed by atoms with Crippen molar-refractivity contribution in [1.82, 2.24) is 15.3 Å². The zero-order chi connectivity index (χ0) is 11.1. The topological polar surface area (TPSA) is 40.7 Å². The van der Waals surface area contributed by atoms with Crippen LogP contribution in [0.5, 0.6) is 0 Å². The van der Waals surface area contributed by atoms with Crippen molar-refractivity contribution < 1.29 is 0 Å². The summed E-state index contributed by atoms with van der Waals surface area (Å²) in [6, 6.07) is 0. The molecule has 0 bridgehead atoms. The van der Waals surface area contributed by atoms with Crippen molar-refractivity contribution in [3.8, 4) is 0 Å². The highest BCUT2D eigenvalue weighted by molar-refractivity contribution is 5.18. The van der Waals surface area contributed by atoms with Crippen LogP contribution in [0.1, 0.15) is 52.1 Å². The van der Waals surface area contributed by atoms with Gasteiger partial charge < -0.3 is 10.3 Å². The number of imidazole rings is 1. The molecular formula is C12H21N3. The first-order valence-corrected chi connectivity index (χ1v) is 5.68. The SMILES string of the molecule is CC(C)(C)NCc1cnc(C2(C)CC2)[nH]1. The van der Waals surface area contributed by atoms with Crippen LogP contribution in [0.4, 0.5) is 0 Å². The van der Waals surface area contributed by atoms with Crippen LogP contribution in [0.2, 0.25) is 0 Å². The van der Waals surface area contributed by atoms with E-state index in [1.807, 2.05) is 6.20 Å². The molecule has 0 aromatic carbocycles. The van der Waals surface area contributed by atoms with Crippen molar-refractivity contribution in [2.24, 2.45) is 0 Å². The van der Waals surface area contributed by atoms with Crippen LogP contribution in [0.3, 0.4) is 0 Å². The summed E-state index contributed by atoms with van der Waals surface area (Å²) in [7, 11) is 0. The largest absolute Gasteiger partial charge is 0.344 e. The second kappa shape index (κ2) is 3.34. The van der Waals surface area contributed by atoms with Gasteiger partial charge in [0, 0.05) is 29.4 Å². The minimum Gasteiger partial charge on any atom is -0.344 e. The molecule has 0 unspecified atom stereocenters. The zero-order valence-electron chi connectivity index (χ0n) is 10.1. The monoisotopic (exact) mass is 207 g/mol. The Hall–Kier alpha value is -0.830. The van der Waals surface area contributed by atoms with Gasteiger partial charge in [0.1, 0.15) is 5.82 Å². The quantitative estimate of drug-likeness (QED) is 0.798. The predicted octanol–water partition coefficient (Wildman–Crippen LogP) is 2.35. The Morgan fingerprint density at radius 3 is 2.67 bits per heavy atom. The zero-order valence-corrected chi connectivity index (χ0v) is 10.1. The Bertz CT molecular complexity index is 342. The summed E-state index contributed by atoms with van der Waals surface area (Å²) in [5.41, 5.74) is 1.70. The maximum absolute atomic E-state index is 4.46. The molecule has 0 spiro atoms. The molecule has 1 aromatic rings. The number of H-pyrrole nitrogens is 1. The highest BCUT2D eigenvalue weighted by atomic mass is 15.0. The second-order valence-corrected chi connectivity index (χ2v) is 5.92. The van der Waals surface area contributed by atoms with E-state index in [4.69, 9.17) is 0 Å². The molecule has 2 N–H and O–H groups in total. The fraction of sp³-hybridized carbons (Fsp3) is 0.750. The molecule has 84 valence electrons. The number of aromatic nitrogens is 2. The molecule has 0 aliphatic heterocycles. The third kappa shape index (κ3) is 2.59. The van der Waals surface area contributed by atoms with Crippen molar-refractivity contribution in [3.63, 3.8) is 0 Å². The molecule has 1 heterocycles. The average Bonchev–Trinajstić information content (AvgIpc) is 2.70. The van der Waals surface area contributed by atoms with Crippen molar-refractivity contribution >= 4 is 0 Å². The fourth-order valence-corrected chi connectivity index (χ4v) is 1.54. The standard InChI is InChI=1S/C12H21N3/c1-11(2,3)14-8-9-7-13-10(15-9)12(4)5-6-12/h7,14H,5-6,8H2,1-4H3,(H,13,15). The molecule has 1 saturated carbocycles. The first-order chi connectivity index (χ1) is 6.89. The van der Waals surface area contributed by atoms with Crippen LogP contribution in [0.15, 0.2) is 6.20 Å². The van der Waals surface area contributed by atoms with E-state index in [0.717, 1.165) is 12.4 Å². The third-order valence-electron chi connectivity index (χ3n) is 3.01. The Morgan fingerprint density at radius 1 is 1.47 bits per heavy atom. The van der Waals surface area contributed by atoms with Gasteiger partial charge in [-0.15, -0.1) is 0 Å². The maximum atomic E-state index is 4.46. The lowest BCUT2D eigenvalue weighted by Gasteiger charge is -2.19. The van der Waals surface area contributed by atoms with Gasteiger partial charge in [0.25, 0.3) is 0 Å². The van der Waals surface area contributed by atoms with Crippen LogP contribution < -0.4 is 5.32 Å². The second-order valence-electron chi connectivity index (χ2n) is 5.92. The van der Waals surface area contributed by atoms with E-state index < -0.39 is 0 Å². The molecule has 1 aliphatic carbocycles. The van der Waals surface area contributed by atoms with E-state index in [1.165, 1.54) is 18.5 Å². The van der Waals surface area contributed by atoms with Crippen molar-refractivity contribution in [2.75, 3.05) is 0 Å². The number of hydrogen-bond donors (Lipinski definition) is 2. The van der Waals surface area contributed by atoms with E-state index in [9.17, 15) is 0 Å². The molecule has 0 radical (unpaired) electrons. The number of rotatable bonds is 3. The Kier molecular flexibility index (Phi) is 2.38. The fourth-order valence-electron chi connectivity index (χ4n) is 1.54. The summed E-state index contributed by atoms with van der Waals surface area (Å²) in [5.74, 6) is 1.16. The van der Waals surface area contributed by atoms with Gasteiger partial charge in [-0.05, 0) is 33.6 Å². The van der Waals surface area contributed by atoms with Crippen LogP contribution in [-0.4, -0.2) is 15.5 Å². The first-order valence-electron chi connectivity index (χ1n) is 5.68. The molecule has 0 amide bonds. The Morgan fingerprint density at radius 2 is 2.13 bits per heavy atom. The number of aromatic amines is 1. The van der Waals surface area contributed by atoms with Gasteiger partial charge >= 0.3 is 0 Å². The Balaban J connectivity index is 1.96. The summed E-state index contributed by atoms with van der Waals surface area (Å²) >= 11 is 0. The van der Waals surface area contributed by atoms with E-state index in [2.05, 4.69) is 43.0 Å². The van der Waals surface area contributed by atoms with Gasteiger partial charge in [0.05, 0.1) is 0 Å². The average molecular weight is 207 g/mol. The molecule has 3 heteroatoms. The lowest BCUT2D eigenvalue weighted by atomic mass is 10.1. The van der Waals surface area contributed by atoms with Gasteiger partial charge in [-0.25, -0.2) is 4.98 Å². The molecule has 2 rings (SSSR count). The molecule has 0 saturated heterocycles. The summed E-state index contributed by atoms with van der Waals surface area (Å²) in [4.78, 5) is 7.87.